The smallest absolute Gasteiger partial charge is 0.243 e. The molecule has 2 aromatic rings. The van der Waals surface area contributed by atoms with Crippen LogP contribution in [-0.2, 0) is 54.2 Å². The molecule has 0 spiro atoms. The molecule has 5 amide bonds. The number of anilines is 1. The zero-order valence-electron chi connectivity index (χ0n) is 30.0. The molecule has 0 aliphatic carbocycles. The van der Waals surface area contributed by atoms with E-state index in [9.17, 15) is 24.0 Å². The highest BCUT2D eigenvalue weighted by Crippen LogP contribution is 2.26. The number of hydrogen-bond acceptors (Lipinski definition) is 10. The van der Waals surface area contributed by atoms with Gasteiger partial charge in [-0.05, 0) is 36.6 Å². The molecule has 2 aliphatic rings. The number of nitrogens with zero attached hydrogens (tertiary/aromatic N) is 2. The molecule has 4 rings (SSSR count). The molecule has 4 N–H and O–H groups in total. The van der Waals surface area contributed by atoms with Crippen molar-refractivity contribution in [2.75, 3.05) is 84.0 Å². The first-order valence-electron chi connectivity index (χ1n) is 17.8. The third-order valence-electron chi connectivity index (χ3n) is 8.27. The summed E-state index contributed by atoms with van der Waals surface area (Å²) in [4.78, 5) is 64.3. The summed E-state index contributed by atoms with van der Waals surface area (Å²) in [5.41, 5.74) is 8.44. The van der Waals surface area contributed by atoms with Crippen LogP contribution in [0.15, 0.2) is 48.5 Å². The number of amides is 5. The minimum Gasteiger partial charge on any atom is -0.379 e. The molecule has 2 aromatic carbocycles. The van der Waals surface area contributed by atoms with E-state index in [2.05, 4.69) is 22.5 Å². The maximum atomic E-state index is 13.3. The number of rotatable bonds is 23. The number of carbonyl (C=O) groups excluding carboxylic acids is 5. The summed E-state index contributed by atoms with van der Waals surface area (Å²) in [6.45, 7) is 3.37. The summed E-state index contributed by atoms with van der Waals surface area (Å²) in [6, 6.07) is 15.3. The van der Waals surface area contributed by atoms with Crippen LogP contribution in [-0.4, -0.2) is 120 Å². The second kappa shape index (κ2) is 22.9. The molecule has 0 aromatic heterocycles. The van der Waals surface area contributed by atoms with Gasteiger partial charge in [0.2, 0.25) is 29.5 Å². The van der Waals surface area contributed by atoms with Crippen molar-refractivity contribution in [2.24, 2.45) is 5.73 Å². The Hall–Kier alpha value is -4.85. The van der Waals surface area contributed by atoms with Crippen LogP contribution < -0.4 is 21.3 Å². The topological polar surface area (TPSA) is 188 Å². The maximum absolute atomic E-state index is 13.3. The van der Waals surface area contributed by atoms with Crippen molar-refractivity contribution in [1.29, 1.82) is 0 Å². The summed E-state index contributed by atoms with van der Waals surface area (Å²) < 4.78 is 27.2. The largest absolute Gasteiger partial charge is 0.379 e. The quantitative estimate of drug-likeness (QED) is 0.109. The monoisotopic (exact) mass is 735 g/mol. The molecule has 1 unspecified atom stereocenters. The van der Waals surface area contributed by atoms with Gasteiger partial charge in [-0.25, -0.2) is 0 Å². The lowest BCUT2D eigenvalue weighted by Gasteiger charge is -2.26. The van der Waals surface area contributed by atoms with E-state index >= 15 is 0 Å². The zero-order valence-corrected chi connectivity index (χ0v) is 30.0. The molecular formula is C38H49N5O10. The average Bonchev–Trinajstić information content (AvgIpc) is 3.63. The van der Waals surface area contributed by atoms with Crippen molar-refractivity contribution in [1.82, 2.24) is 15.5 Å². The van der Waals surface area contributed by atoms with Crippen LogP contribution in [0.3, 0.4) is 0 Å². The Morgan fingerprint density at radius 2 is 1.34 bits per heavy atom. The van der Waals surface area contributed by atoms with Crippen LogP contribution in [0, 0.1) is 11.8 Å². The predicted octanol–water partition coefficient (Wildman–Crippen LogP) is 0.853. The number of carbonyl (C=O) groups is 5. The van der Waals surface area contributed by atoms with Gasteiger partial charge < -0.3 is 49.9 Å². The van der Waals surface area contributed by atoms with E-state index in [4.69, 9.17) is 29.4 Å². The van der Waals surface area contributed by atoms with E-state index < -0.39 is 12.1 Å². The number of nitrogens with one attached hydrogen (secondary N) is 2. The molecule has 286 valence electrons. The highest BCUT2D eigenvalue weighted by Gasteiger charge is 2.29. The summed E-state index contributed by atoms with van der Waals surface area (Å²) in [7, 11) is 0. The Morgan fingerprint density at radius 1 is 0.717 bits per heavy atom. The van der Waals surface area contributed by atoms with Gasteiger partial charge in [-0.2, -0.15) is 0 Å². The predicted molar refractivity (Wildman–Crippen MR) is 193 cm³/mol. The molecule has 0 saturated carbocycles. The first kappa shape index (κ1) is 40.9. The lowest BCUT2D eigenvalue weighted by atomic mass is 10.0. The van der Waals surface area contributed by atoms with Gasteiger partial charge >= 0.3 is 0 Å². The first-order valence-corrected chi connectivity index (χ1v) is 17.8. The Kier molecular flexibility index (Phi) is 17.7. The molecule has 2 aliphatic heterocycles. The normalized spacial score (nSPS) is 14.6. The van der Waals surface area contributed by atoms with Gasteiger partial charge in [0.15, 0.2) is 0 Å². The second-order valence-corrected chi connectivity index (χ2v) is 12.2. The SMILES string of the molecule is NC(=O)COC1CCCN1C(=O)CNC(=O)CCOCCOCCOCCOCCNC(=O)CCC(=O)N1Cc2ccccc2C#Cc2ccccc21. The van der Waals surface area contributed by atoms with E-state index in [-0.39, 0.29) is 62.6 Å². The maximum Gasteiger partial charge on any atom is 0.243 e. The Balaban J connectivity index is 0.939. The Labute approximate surface area is 309 Å². The first-order chi connectivity index (χ1) is 25.8. The molecule has 0 radical (unpaired) electrons. The van der Waals surface area contributed by atoms with Crippen molar-refractivity contribution in [2.45, 2.75) is 44.9 Å². The third-order valence-corrected chi connectivity index (χ3v) is 8.27. The lowest BCUT2D eigenvalue weighted by Crippen LogP contribution is -2.44. The zero-order chi connectivity index (χ0) is 37.7. The highest BCUT2D eigenvalue weighted by molar-refractivity contribution is 5.97. The average molecular weight is 736 g/mol. The van der Waals surface area contributed by atoms with Crippen molar-refractivity contribution >= 4 is 35.2 Å². The number of likely N-dealkylation sites (tertiary alicyclic amines) is 1. The van der Waals surface area contributed by atoms with Gasteiger partial charge in [0.25, 0.3) is 0 Å². The second-order valence-electron chi connectivity index (χ2n) is 12.2. The standard InChI is InChI=1S/C38H49N5O10/c39-33(44)28-53-38-10-5-17-42(38)37(48)26-41-35(46)15-18-49-20-22-51-24-25-52-23-21-50-19-16-40-34(45)13-14-36(47)43-27-31-8-2-1-6-29(31)11-12-30-7-3-4-9-32(30)43/h1-4,6-9,38H,5,10,13-28H2,(H2,39,44)(H,40,45)(H,41,46). The van der Waals surface area contributed by atoms with Gasteiger partial charge in [-0.1, -0.05) is 42.2 Å². The molecule has 53 heavy (non-hydrogen) atoms. The number of nitrogens with two attached hydrogens (primary N) is 1. The van der Waals surface area contributed by atoms with Crippen LogP contribution in [0.2, 0.25) is 0 Å². The van der Waals surface area contributed by atoms with E-state index in [0.717, 1.165) is 28.8 Å². The molecule has 1 fully saturated rings. The van der Waals surface area contributed by atoms with Crippen LogP contribution in [0.25, 0.3) is 0 Å². The summed E-state index contributed by atoms with van der Waals surface area (Å²) in [5.74, 6) is 4.80. The lowest BCUT2D eigenvalue weighted by molar-refractivity contribution is -0.145. The number of benzene rings is 2. The Bertz CT molecular complexity index is 1590. The van der Waals surface area contributed by atoms with Gasteiger partial charge in [0.05, 0.1) is 71.6 Å². The van der Waals surface area contributed by atoms with Crippen LogP contribution in [0.1, 0.15) is 48.8 Å². The minimum absolute atomic E-state index is 0.0644. The number of primary amides is 1. The van der Waals surface area contributed by atoms with Gasteiger partial charge in [0, 0.05) is 43.5 Å². The van der Waals surface area contributed by atoms with Gasteiger partial charge in [-0.15, -0.1) is 0 Å². The van der Waals surface area contributed by atoms with Crippen molar-refractivity contribution in [3.63, 3.8) is 0 Å². The fourth-order valence-electron chi connectivity index (χ4n) is 5.58. The summed E-state index contributed by atoms with van der Waals surface area (Å²) in [5, 5.41) is 5.36. The molecule has 1 atom stereocenters. The number of hydrogen-bond donors (Lipinski definition) is 3. The molecule has 2 heterocycles. The number of fused-ring (bicyclic) bond motifs is 2. The van der Waals surface area contributed by atoms with Crippen molar-refractivity contribution in [3.8, 4) is 11.8 Å². The van der Waals surface area contributed by atoms with E-state index in [0.29, 0.717) is 72.3 Å². The van der Waals surface area contributed by atoms with E-state index in [1.54, 1.807) is 4.90 Å². The van der Waals surface area contributed by atoms with Crippen LogP contribution in [0.4, 0.5) is 5.69 Å². The van der Waals surface area contributed by atoms with Gasteiger partial charge in [0.1, 0.15) is 12.8 Å². The summed E-state index contributed by atoms with van der Waals surface area (Å²) in [6.07, 6.45) is 1.09. The Morgan fingerprint density at radius 3 is 2.08 bits per heavy atom. The van der Waals surface area contributed by atoms with Crippen molar-refractivity contribution in [3.05, 3.63) is 65.2 Å². The highest BCUT2D eigenvalue weighted by atomic mass is 16.6. The van der Waals surface area contributed by atoms with Gasteiger partial charge in [-0.3, -0.25) is 24.0 Å². The van der Waals surface area contributed by atoms with Crippen molar-refractivity contribution < 1.29 is 47.7 Å². The molecule has 0 bridgehead atoms. The number of ether oxygens (including phenoxy) is 5. The fourth-order valence-corrected chi connectivity index (χ4v) is 5.58. The van der Waals surface area contributed by atoms with Crippen LogP contribution in [0.5, 0.6) is 0 Å². The van der Waals surface area contributed by atoms with Crippen LogP contribution >= 0.6 is 0 Å². The fraction of sp³-hybridized carbons (Fsp3) is 0.500. The van der Waals surface area contributed by atoms with E-state index in [1.165, 1.54) is 4.90 Å². The molecule has 15 nitrogen and oxygen atoms in total. The third kappa shape index (κ3) is 14.6. The minimum atomic E-state index is -0.603. The molecule has 15 heteroatoms. The molecular weight excluding hydrogens is 686 g/mol. The van der Waals surface area contributed by atoms with E-state index in [1.807, 2.05) is 48.5 Å². The summed E-state index contributed by atoms with van der Waals surface area (Å²) >= 11 is 0. The number of para-hydroxylation sites is 1. The molecule has 1 saturated heterocycles.